The number of rotatable bonds is 5. The Labute approximate surface area is 182 Å². The Kier molecular flexibility index (Phi) is 6.21. The molecule has 0 aromatic heterocycles. The molecule has 4 nitrogen and oxygen atoms in total. The van der Waals surface area contributed by atoms with E-state index >= 15 is 4.39 Å². The maximum Gasteiger partial charge on any atom is 0.163 e. The molecular formula is C24H26ClFN2O2. The van der Waals surface area contributed by atoms with Crippen LogP contribution in [-0.2, 0) is 0 Å². The van der Waals surface area contributed by atoms with E-state index in [4.69, 9.17) is 16.3 Å². The minimum Gasteiger partial charge on any atom is -0.454 e. The van der Waals surface area contributed by atoms with Crippen LogP contribution in [0.2, 0.25) is 5.02 Å². The van der Waals surface area contributed by atoms with Crippen LogP contribution in [-0.4, -0.2) is 23.0 Å². The van der Waals surface area contributed by atoms with Gasteiger partial charge < -0.3 is 10.1 Å². The highest BCUT2D eigenvalue weighted by molar-refractivity contribution is 6.32. The zero-order chi connectivity index (χ0) is 22.1. The minimum absolute atomic E-state index is 0.115. The van der Waals surface area contributed by atoms with E-state index in [2.05, 4.69) is 11.4 Å². The largest absolute Gasteiger partial charge is 0.454 e. The molecule has 0 spiro atoms. The van der Waals surface area contributed by atoms with Crippen molar-refractivity contribution in [2.75, 3.05) is 0 Å². The van der Waals surface area contributed by atoms with E-state index in [0.717, 1.165) is 0 Å². The van der Waals surface area contributed by atoms with Gasteiger partial charge in [0.1, 0.15) is 23.7 Å². The number of benzene rings is 2. The summed E-state index contributed by atoms with van der Waals surface area (Å²) in [4.78, 5) is 12.9. The van der Waals surface area contributed by atoms with E-state index in [0.29, 0.717) is 29.0 Å². The standard InChI is InChI=1S/C24H26ClFN2O2/c1-23(2)13-17(22(26)24(3,4)28-23)12-19(29)15-9-10-21(18(25)11-15)30-20-8-6-5-7-16(20)14-27/h5-11,17,22,28H,12-13H2,1-4H3. The lowest BCUT2D eigenvalue weighted by atomic mass is 9.72. The summed E-state index contributed by atoms with van der Waals surface area (Å²) in [6, 6.07) is 13.7. The van der Waals surface area contributed by atoms with Gasteiger partial charge in [-0.2, -0.15) is 5.26 Å². The van der Waals surface area contributed by atoms with Gasteiger partial charge in [0.2, 0.25) is 0 Å². The normalized spacial score (nSPS) is 22.2. The second-order valence-corrected chi connectivity index (χ2v) is 9.49. The number of nitriles is 1. The molecule has 2 unspecified atom stereocenters. The number of carbonyl (C=O) groups excluding carboxylic acids is 1. The van der Waals surface area contributed by atoms with Crippen molar-refractivity contribution in [3.8, 4) is 17.6 Å². The maximum atomic E-state index is 15.0. The highest BCUT2D eigenvalue weighted by Crippen LogP contribution is 2.38. The number of ether oxygens (including phenoxy) is 1. The number of nitrogens with one attached hydrogen (secondary N) is 1. The van der Waals surface area contributed by atoms with Crippen molar-refractivity contribution >= 4 is 17.4 Å². The summed E-state index contributed by atoms with van der Waals surface area (Å²) in [5, 5.41) is 12.8. The van der Waals surface area contributed by atoms with E-state index < -0.39 is 11.7 Å². The van der Waals surface area contributed by atoms with E-state index in [1.807, 2.05) is 27.7 Å². The van der Waals surface area contributed by atoms with Crippen LogP contribution in [0.5, 0.6) is 11.5 Å². The lowest BCUT2D eigenvalue weighted by Gasteiger charge is -2.48. The van der Waals surface area contributed by atoms with Gasteiger partial charge in [-0.15, -0.1) is 0 Å². The number of piperidine rings is 1. The smallest absolute Gasteiger partial charge is 0.163 e. The summed E-state index contributed by atoms with van der Waals surface area (Å²) in [5.41, 5.74) is -0.141. The highest BCUT2D eigenvalue weighted by atomic mass is 35.5. The SMILES string of the molecule is CC1(C)CC(CC(=O)c2ccc(Oc3ccccc3C#N)c(Cl)c2)C(F)C(C)(C)N1. The molecule has 1 heterocycles. The molecule has 2 atom stereocenters. The van der Waals surface area contributed by atoms with Crippen molar-refractivity contribution < 1.29 is 13.9 Å². The van der Waals surface area contributed by atoms with Crippen LogP contribution in [0, 0.1) is 17.2 Å². The van der Waals surface area contributed by atoms with Crippen molar-refractivity contribution in [2.24, 2.45) is 5.92 Å². The first-order chi connectivity index (χ1) is 14.0. The Bertz CT molecular complexity index is 997. The fraction of sp³-hybridized carbons (Fsp3) is 0.417. The Hall–Kier alpha value is -2.42. The van der Waals surface area contributed by atoms with Crippen LogP contribution in [0.25, 0.3) is 0 Å². The monoisotopic (exact) mass is 428 g/mol. The summed E-state index contributed by atoms with van der Waals surface area (Å²) in [6.45, 7) is 7.72. The molecule has 1 fully saturated rings. The molecule has 0 aliphatic carbocycles. The summed E-state index contributed by atoms with van der Waals surface area (Å²) in [5.74, 6) is 0.215. The lowest BCUT2D eigenvalue weighted by Crippen LogP contribution is -2.64. The van der Waals surface area contributed by atoms with Gasteiger partial charge in [-0.25, -0.2) is 4.39 Å². The highest BCUT2D eigenvalue weighted by Gasteiger charge is 2.46. The summed E-state index contributed by atoms with van der Waals surface area (Å²) in [7, 11) is 0. The second kappa shape index (κ2) is 8.37. The first-order valence-corrected chi connectivity index (χ1v) is 10.3. The average Bonchev–Trinajstić information content (AvgIpc) is 2.66. The zero-order valence-corrected chi connectivity index (χ0v) is 18.4. The van der Waals surface area contributed by atoms with E-state index in [-0.39, 0.29) is 28.7 Å². The number of hydrogen-bond acceptors (Lipinski definition) is 4. The zero-order valence-electron chi connectivity index (χ0n) is 17.6. The number of halogens is 2. The molecular weight excluding hydrogens is 403 g/mol. The molecule has 0 radical (unpaired) electrons. The molecule has 1 aliphatic rings. The Balaban J connectivity index is 1.76. The van der Waals surface area contributed by atoms with Gasteiger partial charge in [-0.05, 0) is 64.4 Å². The van der Waals surface area contributed by atoms with Crippen molar-refractivity contribution in [3.05, 3.63) is 58.6 Å². The van der Waals surface area contributed by atoms with Gasteiger partial charge in [-0.1, -0.05) is 23.7 Å². The molecule has 158 valence electrons. The molecule has 1 saturated heterocycles. The van der Waals surface area contributed by atoms with Gasteiger partial charge in [0, 0.05) is 29.0 Å². The van der Waals surface area contributed by atoms with E-state index in [1.165, 1.54) is 0 Å². The van der Waals surface area contributed by atoms with Crippen LogP contribution in [0.1, 0.15) is 56.5 Å². The van der Waals surface area contributed by atoms with E-state index in [9.17, 15) is 10.1 Å². The number of para-hydroxylation sites is 1. The Morgan fingerprint density at radius 2 is 1.93 bits per heavy atom. The van der Waals surface area contributed by atoms with Crippen LogP contribution in [0.4, 0.5) is 4.39 Å². The molecule has 0 bridgehead atoms. The lowest BCUT2D eigenvalue weighted by molar-refractivity contribution is 0.0208. The molecule has 1 aliphatic heterocycles. The molecule has 3 rings (SSSR count). The number of ketones is 1. The minimum atomic E-state index is -1.13. The Morgan fingerprint density at radius 1 is 1.23 bits per heavy atom. The number of nitrogens with zero attached hydrogens (tertiary/aromatic N) is 1. The van der Waals surface area contributed by atoms with Crippen LogP contribution < -0.4 is 10.1 Å². The Morgan fingerprint density at radius 3 is 2.60 bits per heavy atom. The third-order valence-electron chi connectivity index (χ3n) is 5.47. The molecule has 2 aromatic rings. The van der Waals surface area contributed by atoms with Gasteiger partial charge in [-0.3, -0.25) is 4.79 Å². The van der Waals surface area contributed by atoms with Gasteiger partial charge in [0.25, 0.3) is 0 Å². The van der Waals surface area contributed by atoms with Crippen LogP contribution >= 0.6 is 11.6 Å². The van der Waals surface area contributed by atoms with Gasteiger partial charge in [0.15, 0.2) is 5.78 Å². The molecule has 1 N–H and O–H groups in total. The predicted molar refractivity (Wildman–Crippen MR) is 116 cm³/mol. The van der Waals surface area contributed by atoms with Crippen molar-refractivity contribution in [1.82, 2.24) is 5.32 Å². The summed E-state index contributed by atoms with van der Waals surface area (Å²) >= 11 is 6.34. The number of hydrogen-bond donors (Lipinski definition) is 1. The first-order valence-electron chi connectivity index (χ1n) is 9.95. The van der Waals surface area contributed by atoms with E-state index in [1.54, 1.807) is 42.5 Å². The third kappa shape index (κ3) is 4.83. The average molecular weight is 429 g/mol. The fourth-order valence-electron chi connectivity index (χ4n) is 4.40. The molecule has 0 amide bonds. The second-order valence-electron chi connectivity index (χ2n) is 9.08. The fourth-order valence-corrected chi connectivity index (χ4v) is 4.61. The maximum absolute atomic E-state index is 15.0. The molecule has 6 heteroatoms. The number of carbonyl (C=O) groups is 1. The first kappa shape index (κ1) is 22.3. The molecule has 2 aromatic carbocycles. The summed E-state index contributed by atoms with van der Waals surface area (Å²) < 4.78 is 20.8. The van der Waals surface area contributed by atoms with Crippen LogP contribution in [0.3, 0.4) is 0 Å². The molecule has 30 heavy (non-hydrogen) atoms. The van der Waals surface area contributed by atoms with Crippen molar-refractivity contribution in [2.45, 2.75) is 57.8 Å². The number of alkyl halides is 1. The topological polar surface area (TPSA) is 62.1 Å². The summed E-state index contributed by atoms with van der Waals surface area (Å²) in [6.07, 6.45) is -0.442. The van der Waals surface area contributed by atoms with Gasteiger partial charge in [0.05, 0.1) is 10.6 Å². The predicted octanol–water partition coefficient (Wildman–Crippen LogP) is 6.08. The number of Topliss-reactive ketones (excluding diaryl/α,β-unsaturated/α-hetero) is 1. The van der Waals surface area contributed by atoms with Crippen LogP contribution in [0.15, 0.2) is 42.5 Å². The quantitative estimate of drug-likeness (QED) is 0.586. The molecule has 0 saturated carbocycles. The van der Waals surface area contributed by atoms with Crippen molar-refractivity contribution in [3.63, 3.8) is 0 Å². The van der Waals surface area contributed by atoms with Crippen molar-refractivity contribution in [1.29, 1.82) is 5.26 Å². The van der Waals surface area contributed by atoms with Gasteiger partial charge >= 0.3 is 0 Å². The third-order valence-corrected chi connectivity index (χ3v) is 5.76.